The number of likely N-dealkylation sites (tertiary alicyclic amines) is 1. The Morgan fingerprint density at radius 1 is 1.03 bits per heavy atom. The minimum Gasteiger partial charge on any atom is -0.338 e. The molecule has 37 heavy (non-hydrogen) atoms. The summed E-state index contributed by atoms with van der Waals surface area (Å²) in [6.07, 6.45) is 4.05. The highest BCUT2D eigenvalue weighted by Crippen LogP contribution is 2.32. The van der Waals surface area contributed by atoms with E-state index in [0.29, 0.717) is 29.5 Å². The van der Waals surface area contributed by atoms with Crippen LogP contribution in [0.3, 0.4) is 0 Å². The number of nitrogens with zero attached hydrogens (tertiary/aromatic N) is 5. The van der Waals surface area contributed by atoms with Gasteiger partial charge < -0.3 is 15.5 Å². The molecule has 2 atom stereocenters. The van der Waals surface area contributed by atoms with Gasteiger partial charge >= 0.3 is 0 Å². The van der Waals surface area contributed by atoms with Crippen LogP contribution in [0, 0.1) is 0 Å². The molecule has 2 N–H and O–H groups in total. The van der Waals surface area contributed by atoms with Gasteiger partial charge in [0.1, 0.15) is 9.92 Å². The maximum absolute atomic E-state index is 12.7. The van der Waals surface area contributed by atoms with E-state index in [9.17, 15) is 8.42 Å². The van der Waals surface area contributed by atoms with Crippen molar-refractivity contribution in [3.05, 3.63) is 65.3 Å². The van der Waals surface area contributed by atoms with Gasteiger partial charge in [-0.2, -0.15) is 4.98 Å². The highest BCUT2D eigenvalue weighted by atomic mass is 35.5. The lowest BCUT2D eigenvalue weighted by Crippen LogP contribution is -2.51. The number of fused-ring (bicyclic) bond motifs is 2. The highest BCUT2D eigenvalue weighted by molar-refractivity contribution is 7.89. The Kier molecular flexibility index (Phi) is 7.37. The van der Waals surface area contributed by atoms with Gasteiger partial charge in [-0.15, -0.1) is 0 Å². The lowest BCUT2D eigenvalue weighted by atomic mass is 10.1. The van der Waals surface area contributed by atoms with Crippen molar-refractivity contribution < 1.29 is 8.42 Å². The fraction of sp³-hybridized carbons (Fsp3) is 0.385. The number of hydrogen-bond donors (Lipinski definition) is 2. The summed E-state index contributed by atoms with van der Waals surface area (Å²) in [5, 5.41) is 6.56. The molecule has 196 valence electrons. The minimum absolute atomic E-state index is 0.133. The fourth-order valence-electron chi connectivity index (χ4n) is 5.13. The van der Waals surface area contributed by atoms with E-state index >= 15 is 0 Å². The molecule has 2 unspecified atom stereocenters. The molecule has 1 aromatic heterocycles. The second-order valence-electron chi connectivity index (χ2n) is 9.90. The molecule has 0 amide bonds. The van der Waals surface area contributed by atoms with Crippen LogP contribution in [-0.2, 0) is 16.6 Å². The number of piperazine rings is 1. The zero-order valence-electron chi connectivity index (χ0n) is 21.2. The smallest absolute Gasteiger partial charge is 0.244 e. The average molecular weight is 542 g/mol. The van der Waals surface area contributed by atoms with Crippen LogP contribution in [0.5, 0.6) is 0 Å². The van der Waals surface area contributed by atoms with Crippen molar-refractivity contribution in [2.45, 2.75) is 36.4 Å². The second-order valence-corrected chi connectivity index (χ2v) is 12.4. The van der Waals surface area contributed by atoms with Crippen molar-refractivity contribution in [1.29, 1.82) is 0 Å². The maximum Gasteiger partial charge on any atom is 0.244 e. The molecule has 0 radical (unpaired) electrons. The van der Waals surface area contributed by atoms with Crippen molar-refractivity contribution in [3.63, 3.8) is 0 Å². The van der Waals surface area contributed by atoms with Crippen molar-refractivity contribution >= 4 is 44.8 Å². The normalized spacial score (nSPS) is 20.4. The summed E-state index contributed by atoms with van der Waals surface area (Å²) in [5.74, 6) is 0.660. The average Bonchev–Trinajstić information content (AvgIpc) is 3.10. The standard InChI is InChI=1S/C26H32ClN7O2S/c1-32(2)37(35,36)24-7-5-4-6-23(24)30-25-22(27)14-28-26(31-25)29-19-10-8-18(9-11-19)15-34-20-12-13-21(34)17-33(3)16-20/h4-11,14,20-21H,12-13,15-17H2,1-3H3,(H2,28,29,30,31). The Balaban J connectivity index is 1.29. The SMILES string of the molecule is CN1CC2CCC(C1)N2Cc1ccc(Nc2ncc(Cl)c(Nc3ccccc3S(=O)(=O)N(C)C)n2)cc1. The molecule has 5 rings (SSSR count). The number of para-hydroxylation sites is 1. The molecule has 0 aliphatic carbocycles. The molecule has 2 saturated heterocycles. The maximum atomic E-state index is 12.7. The quantitative estimate of drug-likeness (QED) is 0.439. The van der Waals surface area contributed by atoms with E-state index in [2.05, 4.69) is 49.6 Å². The number of anilines is 4. The monoisotopic (exact) mass is 541 g/mol. The van der Waals surface area contributed by atoms with Gasteiger partial charge in [0.25, 0.3) is 0 Å². The molecule has 9 nitrogen and oxygen atoms in total. The number of nitrogens with one attached hydrogen (secondary N) is 2. The second kappa shape index (κ2) is 10.5. The van der Waals surface area contributed by atoms with Gasteiger partial charge in [-0.3, -0.25) is 4.90 Å². The molecule has 0 spiro atoms. The number of sulfonamides is 1. The molecular formula is C26H32ClN7O2S. The summed E-state index contributed by atoms with van der Waals surface area (Å²) in [4.78, 5) is 14.0. The van der Waals surface area contributed by atoms with Crippen LogP contribution in [0.25, 0.3) is 0 Å². The van der Waals surface area contributed by atoms with E-state index in [1.165, 1.54) is 43.0 Å². The molecule has 0 saturated carbocycles. The van der Waals surface area contributed by atoms with Crippen molar-refractivity contribution in [2.75, 3.05) is 44.9 Å². The van der Waals surface area contributed by atoms with Gasteiger partial charge in [0.2, 0.25) is 16.0 Å². The van der Waals surface area contributed by atoms with E-state index in [1.54, 1.807) is 24.3 Å². The topological polar surface area (TPSA) is 93.7 Å². The predicted octanol–water partition coefficient (Wildman–Crippen LogP) is 4.15. The van der Waals surface area contributed by atoms with E-state index in [1.807, 2.05) is 12.1 Å². The molecule has 3 aromatic rings. The number of halogens is 1. The minimum atomic E-state index is -3.66. The molecule has 2 fully saturated rings. The molecule has 2 aliphatic heterocycles. The molecule has 2 aromatic carbocycles. The van der Waals surface area contributed by atoms with Gasteiger partial charge in [-0.05, 0) is 49.7 Å². The lowest BCUT2D eigenvalue weighted by Gasteiger charge is -2.39. The van der Waals surface area contributed by atoms with Crippen LogP contribution < -0.4 is 10.6 Å². The van der Waals surface area contributed by atoms with Crippen molar-refractivity contribution in [2.24, 2.45) is 0 Å². The van der Waals surface area contributed by atoms with Crippen molar-refractivity contribution in [3.8, 4) is 0 Å². The Bertz CT molecular complexity index is 1350. The van der Waals surface area contributed by atoms with Crippen molar-refractivity contribution in [1.82, 2.24) is 24.1 Å². The summed E-state index contributed by atoms with van der Waals surface area (Å²) < 4.78 is 26.7. The summed E-state index contributed by atoms with van der Waals surface area (Å²) >= 11 is 6.35. The van der Waals surface area contributed by atoms with Crippen LogP contribution in [0.2, 0.25) is 5.02 Å². The first-order valence-electron chi connectivity index (χ1n) is 12.3. The number of rotatable bonds is 8. The molecule has 2 aliphatic rings. The third-order valence-corrected chi connectivity index (χ3v) is 9.18. The Hall–Kier alpha value is -2.76. The van der Waals surface area contributed by atoms with E-state index < -0.39 is 10.0 Å². The van der Waals surface area contributed by atoms with Crippen LogP contribution in [-0.4, -0.2) is 78.8 Å². The summed E-state index contributed by atoms with van der Waals surface area (Å²) in [6, 6.07) is 16.3. The van der Waals surface area contributed by atoms with Crippen LogP contribution in [0.4, 0.5) is 23.1 Å². The number of benzene rings is 2. The van der Waals surface area contributed by atoms with Gasteiger partial charge in [0, 0.05) is 51.5 Å². The third-order valence-electron chi connectivity index (χ3n) is 7.03. The van der Waals surface area contributed by atoms with E-state index in [4.69, 9.17) is 11.6 Å². The summed E-state index contributed by atoms with van der Waals surface area (Å²) in [7, 11) is 1.54. The first-order chi connectivity index (χ1) is 17.7. The Morgan fingerprint density at radius 3 is 2.38 bits per heavy atom. The highest BCUT2D eigenvalue weighted by Gasteiger charge is 2.38. The lowest BCUT2D eigenvalue weighted by molar-refractivity contribution is 0.0760. The number of aromatic nitrogens is 2. The molecule has 11 heteroatoms. The molecular weight excluding hydrogens is 510 g/mol. The zero-order chi connectivity index (χ0) is 26.2. The number of likely N-dealkylation sites (N-methyl/N-ethyl adjacent to an activating group) is 1. The largest absolute Gasteiger partial charge is 0.338 e. The Morgan fingerprint density at radius 2 is 1.70 bits per heavy atom. The van der Waals surface area contributed by atoms with E-state index in [-0.39, 0.29) is 9.92 Å². The van der Waals surface area contributed by atoms with Crippen LogP contribution in [0.1, 0.15) is 18.4 Å². The van der Waals surface area contributed by atoms with Crippen LogP contribution in [0.15, 0.2) is 59.6 Å². The van der Waals surface area contributed by atoms with E-state index in [0.717, 1.165) is 25.3 Å². The number of hydrogen-bond acceptors (Lipinski definition) is 8. The van der Waals surface area contributed by atoms with Gasteiger partial charge in [0.15, 0.2) is 5.82 Å². The molecule has 2 bridgehead atoms. The van der Waals surface area contributed by atoms with Gasteiger partial charge in [0.05, 0.1) is 11.9 Å². The molecule has 3 heterocycles. The predicted molar refractivity (Wildman–Crippen MR) is 147 cm³/mol. The zero-order valence-corrected chi connectivity index (χ0v) is 22.8. The summed E-state index contributed by atoms with van der Waals surface area (Å²) in [6.45, 7) is 3.25. The summed E-state index contributed by atoms with van der Waals surface area (Å²) in [5.41, 5.74) is 2.52. The first-order valence-corrected chi connectivity index (χ1v) is 14.1. The third kappa shape index (κ3) is 5.58. The fourth-order valence-corrected chi connectivity index (χ4v) is 6.31. The van der Waals surface area contributed by atoms with Gasteiger partial charge in [-0.1, -0.05) is 35.9 Å². The van der Waals surface area contributed by atoms with Crippen LogP contribution >= 0.6 is 11.6 Å². The van der Waals surface area contributed by atoms with Gasteiger partial charge in [-0.25, -0.2) is 17.7 Å². The first kappa shape index (κ1) is 25.9. The Labute approximate surface area is 223 Å².